The molecule has 0 amide bonds. The summed E-state index contributed by atoms with van der Waals surface area (Å²) in [5.74, 6) is -2.33. The van der Waals surface area contributed by atoms with Gasteiger partial charge >= 0.3 is 11.5 Å². The van der Waals surface area contributed by atoms with Gasteiger partial charge < -0.3 is 10.2 Å². The highest BCUT2D eigenvalue weighted by atomic mass is 32.2. The molecular formula is C13H15F3O3S. The Bertz CT molecular complexity index is 459. The van der Waals surface area contributed by atoms with E-state index in [2.05, 4.69) is 0 Å². The molecule has 0 radical (unpaired) electrons. The highest BCUT2D eigenvalue weighted by Crippen LogP contribution is 2.37. The minimum Gasteiger partial charge on any atom is -0.481 e. The number of aliphatic hydroxyl groups excluding tert-OH is 1. The summed E-state index contributed by atoms with van der Waals surface area (Å²) in [6, 6.07) is 5.28. The summed E-state index contributed by atoms with van der Waals surface area (Å²) in [7, 11) is 0. The van der Waals surface area contributed by atoms with Crippen LogP contribution in [0.2, 0.25) is 0 Å². The van der Waals surface area contributed by atoms with Crippen LogP contribution in [0.4, 0.5) is 13.2 Å². The van der Waals surface area contributed by atoms with E-state index in [1.54, 1.807) is 6.92 Å². The topological polar surface area (TPSA) is 57.5 Å². The number of thioether (sulfide) groups is 1. The second kappa shape index (κ2) is 6.49. The Kier molecular flexibility index (Phi) is 5.47. The lowest BCUT2D eigenvalue weighted by atomic mass is 9.87. The third-order valence-electron chi connectivity index (χ3n) is 3.13. The molecule has 1 rings (SSSR count). The van der Waals surface area contributed by atoms with Crippen LogP contribution in [0.25, 0.3) is 0 Å². The average molecular weight is 308 g/mol. The second-order valence-corrected chi connectivity index (χ2v) is 5.69. The summed E-state index contributed by atoms with van der Waals surface area (Å²) in [6.45, 7) is 3.06. The summed E-state index contributed by atoms with van der Waals surface area (Å²) in [5.41, 5.74) is -3.96. The van der Waals surface area contributed by atoms with Crippen LogP contribution in [-0.2, 0) is 4.79 Å². The highest BCUT2D eigenvalue weighted by molar-refractivity contribution is 8.00. The zero-order valence-electron chi connectivity index (χ0n) is 10.9. The van der Waals surface area contributed by atoms with Gasteiger partial charge in [-0.25, -0.2) is 0 Å². The van der Waals surface area contributed by atoms with Crippen LogP contribution in [-0.4, -0.2) is 21.7 Å². The molecule has 2 N–H and O–H groups in total. The van der Waals surface area contributed by atoms with Crippen molar-refractivity contribution in [2.45, 2.75) is 30.4 Å². The maximum absolute atomic E-state index is 12.2. The summed E-state index contributed by atoms with van der Waals surface area (Å²) < 4.78 is 36.5. The van der Waals surface area contributed by atoms with Crippen molar-refractivity contribution in [3.05, 3.63) is 29.8 Å². The van der Waals surface area contributed by atoms with Crippen molar-refractivity contribution >= 4 is 17.7 Å². The van der Waals surface area contributed by atoms with E-state index < -0.39 is 29.4 Å². The normalized spacial score (nSPS) is 16.5. The fourth-order valence-corrected chi connectivity index (χ4v) is 2.21. The second-order valence-electron chi connectivity index (χ2n) is 4.55. The van der Waals surface area contributed by atoms with E-state index in [0.717, 1.165) is 0 Å². The number of carbonyl (C=O) groups is 1. The molecule has 0 aliphatic rings. The number of rotatable bonds is 5. The molecule has 3 nitrogen and oxygen atoms in total. The van der Waals surface area contributed by atoms with Crippen molar-refractivity contribution in [2.75, 3.05) is 0 Å². The molecule has 0 saturated heterocycles. The number of carboxylic acids is 1. The van der Waals surface area contributed by atoms with Crippen molar-refractivity contribution in [1.82, 2.24) is 0 Å². The smallest absolute Gasteiger partial charge is 0.446 e. The minimum atomic E-state index is -4.36. The number of hydrogen-bond donors (Lipinski definition) is 2. The number of halogens is 3. The van der Waals surface area contributed by atoms with Crippen molar-refractivity contribution in [2.24, 2.45) is 11.8 Å². The van der Waals surface area contributed by atoms with Crippen LogP contribution in [0.1, 0.15) is 25.5 Å². The summed E-state index contributed by atoms with van der Waals surface area (Å²) in [5, 5.41) is 18.9. The summed E-state index contributed by atoms with van der Waals surface area (Å²) in [4.78, 5) is 10.9. The largest absolute Gasteiger partial charge is 0.481 e. The molecule has 3 unspecified atom stereocenters. The van der Waals surface area contributed by atoms with Gasteiger partial charge in [0.2, 0.25) is 0 Å². The third kappa shape index (κ3) is 4.72. The molecule has 1 aromatic carbocycles. The first-order chi connectivity index (χ1) is 9.11. The van der Waals surface area contributed by atoms with E-state index in [0.29, 0.717) is 5.56 Å². The Hall–Kier alpha value is -1.21. The molecule has 0 aliphatic heterocycles. The first kappa shape index (κ1) is 16.8. The van der Waals surface area contributed by atoms with Crippen LogP contribution < -0.4 is 0 Å². The number of carboxylic acid groups (broad SMARTS) is 1. The lowest BCUT2D eigenvalue weighted by molar-refractivity contribution is -0.144. The first-order valence-corrected chi connectivity index (χ1v) is 6.70. The van der Waals surface area contributed by atoms with Crippen LogP contribution in [0.5, 0.6) is 0 Å². The first-order valence-electron chi connectivity index (χ1n) is 5.88. The zero-order valence-corrected chi connectivity index (χ0v) is 11.7. The van der Waals surface area contributed by atoms with Gasteiger partial charge in [-0.3, -0.25) is 4.79 Å². The summed E-state index contributed by atoms with van der Waals surface area (Å²) >= 11 is -0.235. The quantitative estimate of drug-likeness (QED) is 0.815. The maximum Gasteiger partial charge on any atom is 0.446 e. The van der Waals surface area contributed by atoms with Crippen LogP contribution in [0, 0.1) is 11.8 Å². The average Bonchev–Trinajstić information content (AvgIpc) is 2.35. The Morgan fingerprint density at radius 1 is 1.20 bits per heavy atom. The molecule has 0 aliphatic carbocycles. The van der Waals surface area contributed by atoms with Crippen LogP contribution >= 0.6 is 11.8 Å². The van der Waals surface area contributed by atoms with Crippen molar-refractivity contribution in [3.63, 3.8) is 0 Å². The molecule has 0 fully saturated rings. The molecule has 20 heavy (non-hydrogen) atoms. The molecule has 0 bridgehead atoms. The Balaban J connectivity index is 2.80. The zero-order chi connectivity index (χ0) is 15.5. The molecule has 1 aromatic rings. The monoisotopic (exact) mass is 308 g/mol. The van der Waals surface area contributed by atoms with Crippen molar-refractivity contribution in [3.8, 4) is 0 Å². The third-order valence-corrected chi connectivity index (χ3v) is 3.87. The fourth-order valence-electron chi connectivity index (χ4n) is 1.67. The summed E-state index contributed by atoms with van der Waals surface area (Å²) in [6.07, 6.45) is -1.04. The van der Waals surface area contributed by atoms with Gasteiger partial charge in [0.25, 0.3) is 0 Å². The predicted molar refractivity (Wildman–Crippen MR) is 69.3 cm³/mol. The number of hydrogen-bond acceptors (Lipinski definition) is 3. The lowest BCUT2D eigenvalue weighted by Gasteiger charge is -2.22. The SMILES string of the molecule is CC(C(=O)O)C(C)C(O)c1ccc(SC(F)(F)F)cc1. The van der Waals surface area contributed by atoms with Crippen LogP contribution in [0.3, 0.4) is 0 Å². The van der Waals surface area contributed by atoms with Gasteiger partial charge in [0.15, 0.2) is 0 Å². The van der Waals surface area contributed by atoms with E-state index in [1.165, 1.54) is 31.2 Å². The van der Waals surface area contributed by atoms with Crippen LogP contribution in [0.15, 0.2) is 29.2 Å². The molecule has 3 atom stereocenters. The predicted octanol–water partition coefficient (Wildman–Crippen LogP) is 3.69. The Morgan fingerprint density at radius 3 is 2.10 bits per heavy atom. The maximum atomic E-state index is 12.2. The Labute approximate surface area is 118 Å². The van der Waals surface area contributed by atoms with Gasteiger partial charge in [-0.1, -0.05) is 26.0 Å². The van der Waals surface area contributed by atoms with E-state index in [9.17, 15) is 23.1 Å². The van der Waals surface area contributed by atoms with E-state index in [4.69, 9.17) is 5.11 Å². The van der Waals surface area contributed by atoms with Gasteiger partial charge in [-0.15, -0.1) is 0 Å². The number of alkyl halides is 3. The van der Waals surface area contributed by atoms with Gasteiger partial charge in [-0.05, 0) is 35.4 Å². The Morgan fingerprint density at radius 2 is 1.70 bits per heavy atom. The van der Waals surface area contributed by atoms with Gasteiger partial charge in [0.1, 0.15) is 0 Å². The number of aliphatic carboxylic acids is 1. The number of benzene rings is 1. The molecular weight excluding hydrogens is 293 g/mol. The highest BCUT2D eigenvalue weighted by Gasteiger charge is 2.30. The molecule has 112 valence electrons. The molecule has 0 aromatic heterocycles. The number of aliphatic hydroxyl groups is 1. The van der Waals surface area contributed by atoms with E-state index >= 15 is 0 Å². The molecule has 7 heteroatoms. The minimum absolute atomic E-state index is 0.0207. The van der Waals surface area contributed by atoms with Gasteiger partial charge in [0, 0.05) is 4.90 Å². The van der Waals surface area contributed by atoms with Gasteiger partial charge in [-0.2, -0.15) is 13.2 Å². The standard InChI is InChI=1S/C13H15F3O3S/c1-7(8(2)12(18)19)11(17)9-3-5-10(6-4-9)20-13(14,15)16/h3-8,11,17H,1-2H3,(H,18,19). The van der Waals surface area contributed by atoms with Crippen molar-refractivity contribution < 1.29 is 28.2 Å². The van der Waals surface area contributed by atoms with E-state index in [-0.39, 0.29) is 16.7 Å². The lowest BCUT2D eigenvalue weighted by Crippen LogP contribution is -2.23. The van der Waals surface area contributed by atoms with Gasteiger partial charge in [0.05, 0.1) is 12.0 Å². The fraction of sp³-hybridized carbons (Fsp3) is 0.462. The molecule has 0 spiro atoms. The van der Waals surface area contributed by atoms with E-state index in [1.807, 2.05) is 0 Å². The van der Waals surface area contributed by atoms with Crippen molar-refractivity contribution in [1.29, 1.82) is 0 Å². The molecule has 0 heterocycles. The molecule has 0 saturated carbocycles.